The number of aromatic amines is 1. The molecular weight excluding hydrogens is 345 g/mol. The molecule has 2 aromatic rings. The minimum Gasteiger partial charge on any atom is -0.506 e. The number of nitrogens with one attached hydrogen (secondary N) is 1. The smallest absolute Gasteiger partial charge is 0.345 e. The summed E-state index contributed by atoms with van der Waals surface area (Å²) in [5.74, 6) is -3.12. The average molecular weight is 365 g/mol. The first-order chi connectivity index (χ1) is 12.4. The van der Waals surface area contributed by atoms with Gasteiger partial charge < -0.3 is 24.7 Å². The van der Waals surface area contributed by atoms with E-state index < -0.39 is 28.7 Å². The Labute approximate surface area is 149 Å². The summed E-state index contributed by atoms with van der Waals surface area (Å²) in [6.07, 6.45) is 1.80. The number of halogens is 1. The van der Waals surface area contributed by atoms with Crippen molar-refractivity contribution in [3.63, 3.8) is 0 Å². The van der Waals surface area contributed by atoms with E-state index in [1.54, 1.807) is 0 Å². The molecule has 1 heterocycles. The van der Waals surface area contributed by atoms with Crippen molar-refractivity contribution in [2.45, 2.75) is 26.2 Å². The topological polar surface area (TPSA) is 109 Å². The molecule has 0 aliphatic heterocycles. The fourth-order valence-electron chi connectivity index (χ4n) is 2.79. The summed E-state index contributed by atoms with van der Waals surface area (Å²) >= 11 is 0. The van der Waals surface area contributed by atoms with Gasteiger partial charge in [-0.1, -0.05) is 13.3 Å². The number of hydrogen-bond donors (Lipinski definition) is 3. The van der Waals surface area contributed by atoms with Gasteiger partial charge >= 0.3 is 5.97 Å². The van der Waals surface area contributed by atoms with Crippen LogP contribution in [0.1, 0.15) is 35.8 Å². The second-order valence-corrected chi connectivity index (χ2v) is 5.60. The molecule has 0 unspecified atom stereocenters. The van der Waals surface area contributed by atoms with Crippen LogP contribution in [0.4, 0.5) is 4.39 Å². The molecule has 8 heteroatoms. The predicted octanol–water partition coefficient (Wildman–Crippen LogP) is 2.94. The van der Waals surface area contributed by atoms with Crippen LogP contribution in [0.5, 0.6) is 17.2 Å². The molecule has 3 N–H and O–H groups in total. The van der Waals surface area contributed by atoms with Crippen LogP contribution in [0.15, 0.2) is 16.9 Å². The third-order valence-electron chi connectivity index (χ3n) is 4.01. The third kappa shape index (κ3) is 3.35. The van der Waals surface area contributed by atoms with E-state index in [2.05, 4.69) is 4.98 Å². The Hall–Kier alpha value is -3.03. The van der Waals surface area contributed by atoms with Gasteiger partial charge in [0.2, 0.25) is 0 Å². The maximum atomic E-state index is 14.3. The van der Waals surface area contributed by atoms with Gasteiger partial charge in [-0.05, 0) is 25.0 Å². The Balaban J connectivity index is 2.96. The summed E-state index contributed by atoms with van der Waals surface area (Å²) in [7, 11) is 2.59. The maximum absolute atomic E-state index is 14.3. The van der Waals surface area contributed by atoms with Gasteiger partial charge in [-0.3, -0.25) is 4.79 Å². The molecule has 0 bridgehead atoms. The Morgan fingerprint density at radius 1 is 1.23 bits per heavy atom. The zero-order valence-electron chi connectivity index (χ0n) is 14.7. The lowest BCUT2D eigenvalue weighted by Gasteiger charge is -2.18. The van der Waals surface area contributed by atoms with Gasteiger partial charge in [0, 0.05) is 5.69 Å². The first-order valence-corrected chi connectivity index (χ1v) is 7.99. The number of aromatic hydroxyl groups is 1. The van der Waals surface area contributed by atoms with E-state index in [9.17, 15) is 24.2 Å². The molecule has 26 heavy (non-hydrogen) atoms. The molecule has 0 atom stereocenters. The molecular formula is C18H20FNO6. The minimum atomic E-state index is -1.60. The second-order valence-electron chi connectivity index (χ2n) is 5.60. The second kappa shape index (κ2) is 7.90. The number of carboxylic acid groups (broad SMARTS) is 1. The highest BCUT2D eigenvalue weighted by atomic mass is 19.1. The van der Waals surface area contributed by atoms with Crippen molar-refractivity contribution in [2.75, 3.05) is 14.2 Å². The number of H-pyrrole nitrogens is 1. The first-order valence-electron chi connectivity index (χ1n) is 7.99. The Kier molecular flexibility index (Phi) is 5.86. The Bertz CT molecular complexity index is 890. The number of aromatic carboxylic acids is 1. The molecule has 0 spiro atoms. The fraction of sp³-hybridized carbons (Fsp3) is 0.333. The van der Waals surface area contributed by atoms with Gasteiger partial charge in [0.05, 0.1) is 25.3 Å². The number of aromatic nitrogens is 1. The molecule has 140 valence electrons. The number of hydrogen-bond acceptors (Lipinski definition) is 5. The number of carboxylic acids is 1. The number of carbonyl (C=O) groups is 1. The molecule has 0 aliphatic carbocycles. The molecule has 0 saturated carbocycles. The van der Waals surface area contributed by atoms with E-state index in [4.69, 9.17) is 9.47 Å². The molecule has 1 aromatic carbocycles. The first kappa shape index (κ1) is 19.3. The van der Waals surface area contributed by atoms with Gasteiger partial charge in [0.15, 0.2) is 17.1 Å². The normalized spacial score (nSPS) is 10.6. The molecule has 0 saturated heterocycles. The summed E-state index contributed by atoms with van der Waals surface area (Å²) < 4.78 is 24.6. The van der Waals surface area contributed by atoms with E-state index in [1.807, 2.05) is 6.92 Å². The lowest BCUT2D eigenvalue weighted by atomic mass is 9.95. The third-order valence-corrected chi connectivity index (χ3v) is 4.01. The molecule has 0 aliphatic rings. The SMILES string of the molecule is CCCCc1[nH]c(=O)c(C(=O)O)c(O)c1-c1c(OC)ccc(F)c1OC. The zero-order chi connectivity index (χ0) is 19.4. The van der Waals surface area contributed by atoms with Crippen LogP contribution in [0.2, 0.25) is 0 Å². The minimum absolute atomic E-state index is 0.0244. The lowest BCUT2D eigenvalue weighted by Crippen LogP contribution is -2.20. The van der Waals surface area contributed by atoms with E-state index in [-0.39, 0.29) is 28.3 Å². The van der Waals surface area contributed by atoms with Crippen LogP contribution in [0.3, 0.4) is 0 Å². The summed E-state index contributed by atoms with van der Waals surface area (Å²) in [6.45, 7) is 1.94. The van der Waals surface area contributed by atoms with E-state index in [0.29, 0.717) is 12.8 Å². The Morgan fingerprint density at radius 2 is 1.92 bits per heavy atom. The molecule has 0 amide bonds. The molecule has 0 radical (unpaired) electrons. The van der Waals surface area contributed by atoms with Crippen molar-refractivity contribution >= 4 is 5.97 Å². The van der Waals surface area contributed by atoms with Crippen molar-refractivity contribution in [2.24, 2.45) is 0 Å². The lowest BCUT2D eigenvalue weighted by molar-refractivity contribution is 0.0691. The highest BCUT2D eigenvalue weighted by Crippen LogP contribution is 2.45. The van der Waals surface area contributed by atoms with Crippen LogP contribution in [-0.2, 0) is 6.42 Å². The van der Waals surface area contributed by atoms with Crippen LogP contribution >= 0.6 is 0 Å². The zero-order valence-corrected chi connectivity index (χ0v) is 14.7. The van der Waals surface area contributed by atoms with Crippen molar-refractivity contribution < 1.29 is 28.9 Å². The van der Waals surface area contributed by atoms with Crippen LogP contribution in [-0.4, -0.2) is 35.4 Å². The van der Waals surface area contributed by atoms with E-state index in [0.717, 1.165) is 12.5 Å². The highest BCUT2D eigenvalue weighted by Gasteiger charge is 2.28. The fourth-order valence-corrected chi connectivity index (χ4v) is 2.79. The van der Waals surface area contributed by atoms with Crippen molar-refractivity contribution in [1.82, 2.24) is 4.98 Å². The summed E-state index contributed by atoms with van der Waals surface area (Å²) in [4.78, 5) is 26.0. The number of unbranched alkanes of at least 4 members (excludes halogenated alkanes) is 1. The van der Waals surface area contributed by atoms with Gasteiger partial charge in [-0.2, -0.15) is 0 Å². The molecule has 1 aromatic heterocycles. The summed E-state index contributed by atoms with van der Waals surface area (Å²) in [6, 6.07) is 2.47. The number of benzene rings is 1. The molecule has 7 nitrogen and oxygen atoms in total. The van der Waals surface area contributed by atoms with Gasteiger partial charge in [-0.25, -0.2) is 9.18 Å². The number of ether oxygens (including phenoxy) is 2. The van der Waals surface area contributed by atoms with E-state index in [1.165, 1.54) is 20.3 Å². The average Bonchev–Trinajstić information content (AvgIpc) is 2.59. The van der Waals surface area contributed by atoms with Crippen LogP contribution < -0.4 is 15.0 Å². The predicted molar refractivity (Wildman–Crippen MR) is 92.8 cm³/mol. The largest absolute Gasteiger partial charge is 0.506 e. The highest BCUT2D eigenvalue weighted by molar-refractivity contribution is 5.95. The van der Waals surface area contributed by atoms with Crippen LogP contribution in [0.25, 0.3) is 11.1 Å². The maximum Gasteiger partial charge on any atom is 0.345 e. The van der Waals surface area contributed by atoms with Crippen LogP contribution in [0, 0.1) is 5.82 Å². The molecule has 0 fully saturated rings. The Morgan fingerprint density at radius 3 is 2.46 bits per heavy atom. The van der Waals surface area contributed by atoms with Crippen molar-refractivity contribution in [3.05, 3.63) is 39.6 Å². The van der Waals surface area contributed by atoms with Gasteiger partial charge in [-0.15, -0.1) is 0 Å². The molecule has 2 rings (SSSR count). The number of pyridine rings is 1. The monoisotopic (exact) mass is 365 g/mol. The number of aryl methyl sites for hydroxylation is 1. The summed E-state index contributed by atoms with van der Waals surface area (Å²) in [5, 5.41) is 19.8. The number of methoxy groups -OCH3 is 2. The quantitative estimate of drug-likeness (QED) is 0.696. The standard InChI is InChI=1S/C18H20FNO6/c1-4-5-6-10-12(15(21)14(18(23)24)17(22)20-10)13-11(25-2)8-7-9(19)16(13)26-3/h7-8H,4-6H2,1-3H3,(H,23,24)(H2,20,21,22). The summed E-state index contributed by atoms with van der Waals surface area (Å²) in [5.41, 5.74) is -1.46. The number of rotatable bonds is 7. The van der Waals surface area contributed by atoms with Crippen molar-refractivity contribution in [1.29, 1.82) is 0 Å². The van der Waals surface area contributed by atoms with Gasteiger partial charge in [0.1, 0.15) is 11.5 Å². The van der Waals surface area contributed by atoms with Gasteiger partial charge in [0.25, 0.3) is 5.56 Å². The van der Waals surface area contributed by atoms with E-state index >= 15 is 0 Å². The van der Waals surface area contributed by atoms with Crippen molar-refractivity contribution in [3.8, 4) is 28.4 Å².